The lowest BCUT2D eigenvalue weighted by Crippen LogP contribution is -2.44. The summed E-state index contributed by atoms with van der Waals surface area (Å²) in [6, 6.07) is 0.633. The number of alkyl halides is 3. The molecule has 1 N–H and O–H groups in total. The van der Waals surface area contributed by atoms with E-state index >= 15 is 0 Å². The Hall–Kier alpha value is -0.610. The van der Waals surface area contributed by atoms with Gasteiger partial charge >= 0.3 is 6.18 Å². The van der Waals surface area contributed by atoms with Gasteiger partial charge in [0.1, 0.15) is 6.04 Å². The quantitative estimate of drug-likeness (QED) is 0.863. The molecule has 0 aliphatic heterocycles. The average molecular weight is 284 g/mol. The van der Waals surface area contributed by atoms with Crippen LogP contribution < -0.4 is 4.72 Å². The molecule has 0 saturated carbocycles. The third kappa shape index (κ3) is 4.94. The number of nitriles is 1. The van der Waals surface area contributed by atoms with Crippen LogP contribution in [0.3, 0.4) is 0 Å². The van der Waals surface area contributed by atoms with Gasteiger partial charge in [0.25, 0.3) is 0 Å². The lowest BCUT2D eigenvalue weighted by Gasteiger charge is -2.30. The SMILES string of the molecule is CC(C)(C)S(=O)N[C@H](C#N)CC(C)(C)C(F)(F)F. The highest BCUT2D eigenvalue weighted by molar-refractivity contribution is 7.84. The van der Waals surface area contributed by atoms with E-state index in [0.717, 1.165) is 13.8 Å². The second-order valence-electron chi connectivity index (χ2n) is 5.77. The maximum atomic E-state index is 12.7. The number of nitrogens with zero attached hydrogens (tertiary/aromatic N) is 1. The summed E-state index contributed by atoms with van der Waals surface area (Å²) in [6.45, 7) is 7.09. The summed E-state index contributed by atoms with van der Waals surface area (Å²) in [5.74, 6) is 0. The van der Waals surface area contributed by atoms with Crippen molar-refractivity contribution in [1.82, 2.24) is 4.72 Å². The molecule has 0 spiro atoms. The van der Waals surface area contributed by atoms with Crippen LogP contribution in [0.1, 0.15) is 41.0 Å². The van der Waals surface area contributed by atoms with E-state index in [1.807, 2.05) is 0 Å². The van der Waals surface area contributed by atoms with Crippen molar-refractivity contribution in [2.45, 2.75) is 58.0 Å². The molecule has 18 heavy (non-hydrogen) atoms. The molecule has 3 nitrogen and oxygen atoms in total. The van der Waals surface area contributed by atoms with Gasteiger partial charge in [0.05, 0.1) is 27.2 Å². The van der Waals surface area contributed by atoms with Crippen molar-refractivity contribution in [2.24, 2.45) is 5.41 Å². The monoisotopic (exact) mass is 284 g/mol. The molecular formula is C11H19F3N2OS. The Morgan fingerprint density at radius 2 is 1.67 bits per heavy atom. The fraction of sp³-hybridized carbons (Fsp3) is 0.909. The minimum absolute atomic E-state index is 0.436. The zero-order chi connectivity index (χ0) is 14.8. The van der Waals surface area contributed by atoms with Gasteiger partial charge in [-0.25, -0.2) is 8.93 Å². The molecule has 0 aliphatic carbocycles. The summed E-state index contributed by atoms with van der Waals surface area (Å²) in [7, 11) is -1.57. The molecule has 0 rings (SSSR count). The molecule has 7 heteroatoms. The molecule has 106 valence electrons. The van der Waals surface area contributed by atoms with Crippen LogP contribution in [0.5, 0.6) is 0 Å². The van der Waals surface area contributed by atoms with Crippen LogP contribution in [-0.2, 0) is 11.0 Å². The second-order valence-corrected chi connectivity index (χ2v) is 7.76. The van der Waals surface area contributed by atoms with Crippen molar-refractivity contribution in [1.29, 1.82) is 5.26 Å². The number of rotatable bonds is 4. The van der Waals surface area contributed by atoms with E-state index in [1.165, 1.54) is 0 Å². The number of hydrogen-bond acceptors (Lipinski definition) is 2. The van der Waals surface area contributed by atoms with Crippen molar-refractivity contribution in [3.63, 3.8) is 0 Å². The first-order valence-corrected chi connectivity index (χ1v) is 6.60. The Bertz CT molecular complexity index is 353. The third-order valence-corrected chi connectivity index (χ3v) is 4.05. The van der Waals surface area contributed by atoms with Crippen molar-refractivity contribution < 1.29 is 17.4 Å². The van der Waals surface area contributed by atoms with Crippen LogP contribution in [0.15, 0.2) is 0 Å². The molecule has 0 heterocycles. The van der Waals surface area contributed by atoms with Crippen LogP contribution in [0.2, 0.25) is 0 Å². The predicted molar refractivity (Wildman–Crippen MR) is 64.9 cm³/mol. The molecule has 0 bridgehead atoms. The summed E-state index contributed by atoms with van der Waals surface area (Å²) in [5.41, 5.74) is -2.00. The smallest absolute Gasteiger partial charge is 0.242 e. The fourth-order valence-electron chi connectivity index (χ4n) is 1.05. The van der Waals surface area contributed by atoms with Crippen LogP contribution in [0.4, 0.5) is 13.2 Å². The van der Waals surface area contributed by atoms with Crippen molar-refractivity contribution in [2.75, 3.05) is 0 Å². The molecule has 0 amide bonds. The van der Waals surface area contributed by atoms with Crippen molar-refractivity contribution in [3.05, 3.63) is 0 Å². The summed E-state index contributed by atoms with van der Waals surface area (Å²) >= 11 is 0. The van der Waals surface area contributed by atoms with E-state index in [1.54, 1.807) is 26.8 Å². The van der Waals surface area contributed by atoms with Crippen LogP contribution in [0.25, 0.3) is 0 Å². The van der Waals surface area contributed by atoms with Gasteiger partial charge in [0.15, 0.2) is 0 Å². The zero-order valence-corrected chi connectivity index (χ0v) is 12.0. The van der Waals surface area contributed by atoms with Crippen molar-refractivity contribution >= 4 is 11.0 Å². The topological polar surface area (TPSA) is 52.9 Å². The number of hydrogen-bond donors (Lipinski definition) is 1. The lowest BCUT2D eigenvalue weighted by atomic mass is 9.85. The molecule has 0 aromatic heterocycles. The van der Waals surface area contributed by atoms with Gasteiger partial charge in [-0.15, -0.1) is 0 Å². The van der Waals surface area contributed by atoms with Gasteiger partial charge in [-0.3, -0.25) is 0 Å². The molecule has 0 aromatic rings. The Labute approximate surface area is 108 Å². The molecule has 0 aromatic carbocycles. The first kappa shape index (κ1) is 17.4. The molecule has 2 atom stereocenters. The van der Waals surface area contributed by atoms with Gasteiger partial charge in [-0.2, -0.15) is 18.4 Å². The van der Waals surface area contributed by atoms with Gasteiger partial charge in [0, 0.05) is 0 Å². The number of halogens is 3. The van der Waals surface area contributed by atoms with Gasteiger partial charge in [-0.05, 0) is 27.2 Å². The van der Waals surface area contributed by atoms with Gasteiger partial charge < -0.3 is 0 Å². The lowest BCUT2D eigenvalue weighted by molar-refractivity contribution is -0.214. The van der Waals surface area contributed by atoms with E-state index in [0.29, 0.717) is 0 Å². The Morgan fingerprint density at radius 1 is 1.22 bits per heavy atom. The van der Waals surface area contributed by atoms with E-state index in [9.17, 15) is 17.4 Å². The van der Waals surface area contributed by atoms with E-state index in [-0.39, 0.29) is 0 Å². The average Bonchev–Trinajstić information content (AvgIpc) is 2.12. The summed E-state index contributed by atoms with van der Waals surface area (Å²) in [4.78, 5) is 0. The highest BCUT2D eigenvalue weighted by Crippen LogP contribution is 2.41. The zero-order valence-electron chi connectivity index (χ0n) is 11.2. The molecule has 0 saturated heterocycles. The van der Waals surface area contributed by atoms with E-state index < -0.39 is 39.8 Å². The molecule has 0 aliphatic rings. The van der Waals surface area contributed by atoms with Crippen LogP contribution in [0, 0.1) is 16.7 Å². The van der Waals surface area contributed by atoms with Gasteiger partial charge in [0.2, 0.25) is 0 Å². The fourth-order valence-corrected chi connectivity index (χ4v) is 1.79. The molecular weight excluding hydrogens is 265 g/mol. The highest BCUT2D eigenvalue weighted by atomic mass is 32.2. The molecule has 0 radical (unpaired) electrons. The summed E-state index contributed by atoms with van der Waals surface area (Å²) < 4.78 is 51.6. The minimum atomic E-state index is -4.40. The maximum Gasteiger partial charge on any atom is 0.394 e. The summed E-state index contributed by atoms with van der Waals surface area (Å²) in [6.07, 6.45) is -4.83. The standard InChI is InChI=1S/C11H19F3N2OS/c1-9(2,3)18(17)16-8(7-15)6-10(4,5)11(12,13)14/h8,16H,6H2,1-5H3/t8-,18?/m0/s1. The Morgan fingerprint density at radius 3 is 1.94 bits per heavy atom. The van der Waals surface area contributed by atoms with Gasteiger partial charge in [-0.1, -0.05) is 13.8 Å². The first-order chi connectivity index (χ1) is 7.81. The normalized spacial score (nSPS) is 17.1. The van der Waals surface area contributed by atoms with E-state index in [4.69, 9.17) is 5.26 Å². The maximum absolute atomic E-state index is 12.7. The van der Waals surface area contributed by atoms with Crippen molar-refractivity contribution in [3.8, 4) is 6.07 Å². The number of nitrogens with one attached hydrogen (secondary N) is 1. The highest BCUT2D eigenvalue weighted by Gasteiger charge is 2.48. The van der Waals surface area contributed by atoms with Crippen LogP contribution in [-0.4, -0.2) is 21.2 Å². The Kier molecular flexibility index (Phi) is 5.39. The largest absolute Gasteiger partial charge is 0.394 e. The second kappa shape index (κ2) is 5.57. The first-order valence-electron chi connectivity index (χ1n) is 5.45. The summed E-state index contributed by atoms with van der Waals surface area (Å²) in [5, 5.41) is 8.86. The predicted octanol–water partition coefficient (Wildman–Crippen LogP) is 2.91. The molecule has 0 fully saturated rings. The van der Waals surface area contributed by atoms with Crippen LogP contribution >= 0.6 is 0 Å². The Balaban J connectivity index is 4.77. The van der Waals surface area contributed by atoms with E-state index in [2.05, 4.69) is 4.72 Å². The third-order valence-electron chi connectivity index (χ3n) is 2.44. The molecule has 1 unspecified atom stereocenters. The minimum Gasteiger partial charge on any atom is -0.242 e.